The van der Waals surface area contributed by atoms with Crippen LogP contribution in [0.2, 0.25) is 0 Å². The van der Waals surface area contributed by atoms with Crippen molar-refractivity contribution in [3.8, 4) is 0 Å². The lowest BCUT2D eigenvalue weighted by molar-refractivity contribution is -0.140. The van der Waals surface area contributed by atoms with Gasteiger partial charge in [0.1, 0.15) is 4.83 Å². The number of methoxy groups -OCH3 is 1. The van der Waals surface area contributed by atoms with Crippen LogP contribution in [0.1, 0.15) is 27.5 Å². The minimum absolute atomic E-state index is 0. The number of carbonyl (C=O) groups is 2. The first-order valence-electron chi connectivity index (χ1n) is 7.72. The molecule has 0 spiro atoms. The van der Waals surface area contributed by atoms with Gasteiger partial charge in [-0.05, 0) is 24.8 Å². The van der Waals surface area contributed by atoms with Crippen molar-refractivity contribution in [1.29, 1.82) is 0 Å². The lowest BCUT2D eigenvalue weighted by Crippen LogP contribution is -2.29. The number of thioether (sulfide) groups is 1. The maximum atomic E-state index is 11.8. The summed E-state index contributed by atoms with van der Waals surface area (Å²) in [4.78, 5) is 41.2. The lowest BCUT2D eigenvalue weighted by atomic mass is 10.2. The van der Waals surface area contributed by atoms with Crippen LogP contribution in [0.25, 0.3) is 10.2 Å². The Hall–Kier alpha value is -1.62. The van der Waals surface area contributed by atoms with Crippen LogP contribution in [0.4, 0.5) is 0 Å². The molecule has 0 saturated carbocycles. The van der Waals surface area contributed by atoms with Gasteiger partial charge in [-0.15, -0.1) is 35.5 Å². The number of ether oxygens (including phenoxy) is 1. The smallest absolute Gasteiger partial charge is 0.372 e. The fourth-order valence-electron chi connectivity index (χ4n) is 2.79. The Morgan fingerprint density at radius 3 is 2.73 bits per heavy atom. The van der Waals surface area contributed by atoms with Crippen molar-refractivity contribution in [3.05, 3.63) is 26.6 Å². The predicted molar refractivity (Wildman–Crippen MR) is 103 cm³/mol. The summed E-state index contributed by atoms with van der Waals surface area (Å²) in [6.45, 7) is 0.907. The maximum Gasteiger partial charge on any atom is 0.372 e. The molecule has 1 unspecified atom stereocenters. The van der Waals surface area contributed by atoms with Crippen molar-refractivity contribution in [3.63, 3.8) is 0 Å². The van der Waals surface area contributed by atoms with E-state index < -0.39 is 5.97 Å². The fourth-order valence-corrected chi connectivity index (χ4v) is 4.99. The number of fused-ring (bicyclic) bond motifs is 3. The van der Waals surface area contributed by atoms with Gasteiger partial charge in [-0.25, -0.2) is 14.6 Å². The highest BCUT2D eigenvalue weighted by atomic mass is 35.5. The number of aromatic carboxylic acids is 1. The number of aromatic amines is 1. The highest BCUT2D eigenvalue weighted by Gasteiger charge is 2.23. The second-order valence-corrected chi connectivity index (χ2v) is 7.78. The summed E-state index contributed by atoms with van der Waals surface area (Å²) >= 11 is 3.03. The van der Waals surface area contributed by atoms with Gasteiger partial charge in [-0.1, -0.05) is 0 Å². The Morgan fingerprint density at radius 1 is 1.35 bits per heavy atom. The van der Waals surface area contributed by atoms with E-state index >= 15 is 0 Å². The van der Waals surface area contributed by atoms with Gasteiger partial charge in [0, 0.05) is 17.2 Å². The topological polar surface area (TPSA) is 121 Å². The second kappa shape index (κ2) is 8.85. The summed E-state index contributed by atoms with van der Waals surface area (Å²) in [5.41, 5.74) is 0.729. The lowest BCUT2D eigenvalue weighted by Gasteiger charge is -2.04. The zero-order chi connectivity index (χ0) is 18.0. The van der Waals surface area contributed by atoms with E-state index in [4.69, 9.17) is 5.11 Å². The number of thiophene rings is 1. The molecule has 3 heterocycles. The number of hydrogen-bond acceptors (Lipinski definition) is 8. The third-order valence-electron chi connectivity index (χ3n) is 3.91. The molecule has 0 amide bonds. The van der Waals surface area contributed by atoms with E-state index in [-0.39, 0.29) is 35.1 Å². The molecule has 0 bridgehead atoms. The second-order valence-electron chi connectivity index (χ2n) is 5.49. The number of aryl methyl sites for hydroxylation is 2. The molecule has 11 heteroatoms. The number of aromatic nitrogens is 2. The third-order valence-corrected chi connectivity index (χ3v) is 6.23. The Morgan fingerprint density at radius 2 is 2.12 bits per heavy atom. The molecule has 26 heavy (non-hydrogen) atoms. The number of nitrogens with zero attached hydrogens (tertiary/aromatic N) is 1. The van der Waals surface area contributed by atoms with E-state index in [1.807, 2.05) is 0 Å². The normalized spacial score (nSPS) is 17.8. The Labute approximate surface area is 163 Å². The number of nitrogens with one attached hydrogen (secondary N) is 2. The van der Waals surface area contributed by atoms with Gasteiger partial charge in [0.05, 0.1) is 12.5 Å². The predicted octanol–water partition coefficient (Wildman–Crippen LogP) is 1.42. The van der Waals surface area contributed by atoms with Crippen molar-refractivity contribution < 1.29 is 19.4 Å². The summed E-state index contributed by atoms with van der Waals surface area (Å²) in [5.74, 6) is -0.651. The SMILES string of the molecule is COC(=O)C1NCCS1.Cl.O=C(O)c1nc2sc3c(c2c(=O)[nH]1)CCC3. The third kappa shape index (κ3) is 4.20. The standard InChI is InChI=1S/C10H8N2O3S.C5H9NO2S.ClH/c13-8-6-4-2-1-3-5(4)16-9(6)12-7(11-8)10(14)15;1-8-5(7)4-6-2-3-9-4;/h1-3H2,(H,14,15)(H,11,12,13);4,6H,2-3H2,1H3;1H. The average Bonchev–Trinajstić information content (AvgIpc) is 3.30. The first kappa shape index (κ1) is 20.7. The van der Waals surface area contributed by atoms with Crippen LogP contribution >= 0.6 is 35.5 Å². The van der Waals surface area contributed by atoms with E-state index in [1.165, 1.54) is 23.3 Å². The molecule has 8 nitrogen and oxygen atoms in total. The molecular formula is C15H18ClN3O5S2. The molecule has 2 aromatic rings. The molecule has 4 rings (SSSR count). The van der Waals surface area contributed by atoms with Gasteiger partial charge in [0.25, 0.3) is 5.56 Å². The van der Waals surface area contributed by atoms with Gasteiger partial charge >= 0.3 is 11.9 Å². The Bertz CT molecular complexity index is 876. The summed E-state index contributed by atoms with van der Waals surface area (Å²) in [5, 5.41) is 12.3. The molecule has 0 aromatic carbocycles. The number of H-pyrrole nitrogens is 1. The minimum atomic E-state index is -1.20. The molecule has 1 aliphatic heterocycles. The van der Waals surface area contributed by atoms with Gasteiger partial charge in [-0.2, -0.15) is 0 Å². The van der Waals surface area contributed by atoms with Crippen molar-refractivity contribution in [2.45, 2.75) is 24.6 Å². The molecule has 1 aliphatic carbocycles. The summed E-state index contributed by atoms with van der Waals surface area (Å²) < 4.78 is 4.51. The number of carboxylic acid groups (broad SMARTS) is 1. The first-order chi connectivity index (χ1) is 12.0. The number of carbonyl (C=O) groups excluding carboxylic acids is 1. The quantitative estimate of drug-likeness (QED) is 0.625. The monoisotopic (exact) mass is 419 g/mol. The van der Waals surface area contributed by atoms with Crippen molar-refractivity contribution >= 4 is 57.7 Å². The molecule has 142 valence electrons. The Balaban J connectivity index is 0.000000210. The molecular weight excluding hydrogens is 402 g/mol. The molecule has 1 atom stereocenters. The van der Waals surface area contributed by atoms with Crippen LogP contribution < -0.4 is 10.9 Å². The zero-order valence-electron chi connectivity index (χ0n) is 13.9. The molecule has 2 aromatic heterocycles. The minimum Gasteiger partial charge on any atom is -0.475 e. The van der Waals surface area contributed by atoms with E-state index in [1.54, 1.807) is 11.8 Å². The highest BCUT2D eigenvalue weighted by molar-refractivity contribution is 8.00. The fraction of sp³-hybridized carbons (Fsp3) is 0.467. The first-order valence-corrected chi connectivity index (χ1v) is 9.58. The van der Waals surface area contributed by atoms with E-state index in [2.05, 4.69) is 20.0 Å². The van der Waals surface area contributed by atoms with E-state index in [0.29, 0.717) is 10.2 Å². The van der Waals surface area contributed by atoms with Gasteiger partial charge in [0.2, 0.25) is 5.82 Å². The molecule has 1 fully saturated rings. The summed E-state index contributed by atoms with van der Waals surface area (Å²) in [7, 11) is 1.41. The van der Waals surface area contributed by atoms with E-state index in [9.17, 15) is 14.4 Å². The summed E-state index contributed by atoms with van der Waals surface area (Å²) in [6, 6.07) is 0. The van der Waals surface area contributed by atoms with E-state index in [0.717, 1.165) is 37.1 Å². The van der Waals surface area contributed by atoms with Crippen LogP contribution in [-0.4, -0.2) is 51.8 Å². The average molecular weight is 420 g/mol. The van der Waals surface area contributed by atoms with Crippen molar-refractivity contribution in [1.82, 2.24) is 15.3 Å². The molecule has 2 aliphatic rings. The number of carboxylic acids is 1. The molecule has 0 radical (unpaired) electrons. The number of esters is 1. The number of hydrogen-bond donors (Lipinski definition) is 3. The van der Waals surface area contributed by atoms with Crippen LogP contribution in [0.5, 0.6) is 0 Å². The number of halogens is 1. The largest absolute Gasteiger partial charge is 0.475 e. The maximum absolute atomic E-state index is 11.8. The van der Waals surface area contributed by atoms with Crippen LogP contribution in [0, 0.1) is 0 Å². The van der Waals surface area contributed by atoms with Gasteiger partial charge in [-0.3, -0.25) is 10.1 Å². The van der Waals surface area contributed by atoms with Crippen LogP contribution in [-0.2, 0) is 22.4 Å². The van der Waals surface area contributed by atoms with Crippen molar-refractivity contribution in [2.24, 2.45) is 0 Å². The zero-order valence-corrected chi connectivity index (χ0v) is 16.3. The number of rotatable bonds is 2. The van der Waals surface area contributed by atoms with Crippen LogP contribution in [0.15, 0.2) is 4.79 Å². The van der Waals surface area contributed by atoms with Crippen molar-refractivity contribution in [2.75, 3.05) is 19.4 Å². The Kier molecular flexibility index (Phi) is 7.04. The molecule has 1 saturated heterocycles. The highest BCUT2D eigenvalue weighted by Crippen LogP contribution is 2.34. The molecule has 3 N–H and O–H groups in total. The summed E-state index contributed by atoms with van der Waals surface area (Å²) in [6.07, 6.45) is 2.93. The van der Waals surface area contributed by atoms with Gasteiger partial charge in [0.15, 0.2) is 5.37 Å². The van der Waals surface area contributed by atoms with Crippen LogP contribution in [0.3, 0.4) is 0 Å². The van der Waals surface area contributed by atoms with Gasteiger partial charge < -0.3 is 14.8 Å².